The zero-order valence-electron chi connectivity index (χ0n) is 30.5. The molecule has 0 radical (unpaired) electrons. The molecule has 2 N–H and O–H groups in total. The van der Waals surface area contributed by atoms with Crippen molar-refractivity contribution in [2.75, 3.05) is 0 Å². The zero-order chi connectivity index (χ0) is 34.3. The third-order valence-electron chi connectivity index (χ3n) is 15.2. The lowest BCUT2D eigenvalue weighted by Gasteiger charge is -2.70. The Balaban J connectivity index is 1.37. The molecule has 252 valence electrons. The molecule has 45 heavy (non-hydrogen) atoms. The van der Waals surface area contributed by atoms with Crippen LogP contribution in [0.3, 0.4) is 0 Å². The second-order valence-electron chi connectivity index (χ2n) is 19.3. The molecular weight excluding hydrogens is 566 g/mol. The first-order chi connectivity index (χ1) is 20.9. The van der Waals surface area contributed by atoms with Crippen LogP contribution < -0.4 is 0 Å². The van der Waals surface area contributed by atoms with Crippen LogP contribution in [0.15, 0.2) is 11.6 Å². The van der Waals surface area contributed by atoms with E-state index >= 15 is 0 Å². The standard InChI is InChI=1S/C38H59NO6/c1-32(2,3)30-39(31(43)44)24(29(42)45-30)21-34(6)15-16-35(7)17-18-37(9)22(23(35)20-34)19-25(40)28-36(8)13-12-27(41)33(4,5)26(36)11-14-38(28,37)10/h19,23-24,26-28,30,41H,11-18,20-21H2,1-10H3,(H,43,44)/t23-,24-,26-,27-,28?,30+,34?,35+,36-,37+,38+/m0/s1/i24D. The predicted molar refractivity (Wildman–Crippen MR) is 173 cm³/mol. The van der Waals surface area contributed by atoms with Crippen molar-refractivity contribution in [2.45, 2.75) is 152 Å². The summed E-state index contributed by atoms with van der Waals surface area (Å²) in [6.45, 7) is 21.5. The van der Waals surface area contributed by atoms with Crippen LogP contribution in [0.5, 0.6) is 0 Å². The summed E-state index contributed by atoms with van der Waals surface area (Å²) in [5, 5.41) is 21.3. The van der Waals surface area contributed by atoms with Crippen molar-refractivity contribution in [3.05, 3.63) is 11.6 Å². The molecule has 5 aliphatic carbocycles. The smallest absolute Gasteiger partial charge is 0.410 e. The summed E-state index contributed by atoms with van der Waals surface area (Å²) in [5.41, 5.74) is -0.700. The lowest BCUT2D eigenvalue weighted by atomic mass is 9.33. The molecule has 11 atom stereocenters. The van der Waals surface area contributed by atoms with Crippen LogP contribution >= 0.6 is 0 Å². The van der Waals surface area contributed by atoms with Crippen molar-refractivity contribution in [2.24, 2.45) is 55.7 Å². The summed E-state index contributed by atoms with van der Waals surface area (Å²) in [4.78, 5) is 41.6. The van der Waals surface area contributed by atoms with E-state index in [1.54, 1.807) is 0 Å². The maximum atomic E-state index is 14.6. The van der Waals surface area contributed by atoms with Gasteiger partial charge in [0.15, 0.2) is 12.0 Å². The number of allylic oxidation sites excluding steroid dienone is 2. The SMILES string of the molecule is [2H][C@]1(CC2(C)CC[C@]3(C)CC[C@]4(C)C(=CC(=O)C5[C@@]6(C)CC[C@H](O)C(C)(C)[C@@H]6CC[C@]54C)[C@@H]3C2)C(=O)O[C@H](C(C)(C)C)N1C(=O)O. The average Bonchev–Trinajstić information content (AvgIpc) is 3.19. The minimum atomic E-state index is -2.02. The van der Waals surface area contributed by atoms with E-state index in [1.165, 1.54) is 5.57 Å². The molecule has 0 bridgehead atoms. The molecular formula is C38H59NO6. The zero-order valence-corrected chi connectivity index (χ0v) is 29.5. The molecule has 0 aromatic carbocycles. The number of carbonyl (C=O) groups is 3. The molecule has 7 nitrogen and oxygen atoms in total. The second kappa shape index (κ2) is 9.82. The van der Waals surface area contributed by atoms with Gasteiger partial charge in [-0.25, -0.2) is 9.59 Å². The number of ether oxygens (including phenoxy) is 1. The Hall–Kier alpha value is -1.89. The minimum absolute atomic E-state index is 0.00181. The van der Waals surface area contributed by atoms with Crippen LogP contribution in [0, 0.1) is 55.7 Å². The molecule has 2 unspecified atom stereocenters. The van der Waals surface area contributed by atoms with Crippen LogP contribution in [0.1, 0.15) is 135 Å². The first-order valence-corrected chi connectivity index (χ1v) is 17.6. The van der Waals surface area contributed by atoms with Gasteiger partial charge < -0.3 is 14.9 Å². The molecule has 7 heteroatoms. The Kier molecular flexibility index (Phi) is 6.92. The van der Waals surface area contributed by atoms with Gasteiger partial charge in [0.2, 0.25) is 0 Å². The quantitative estimate of drug-likeness (QED) is 0.301. The lowest BCUT2D eigenvalue weighted by molar-refractivity contribution is -0.202. The highest BCUT2D eigenvalue weighted by Gasteiger charge is 2.70. The van der Waals surface area contributed by atoms with E-state index in [0.29, 0.717) is 6.42 Å². The number of amides is 1. The molecule has 0 spiro atoms. The summed E-state index contributed by atoms with van der Waals surface area (Å²) in [5.74, 6) is -0.246. The summed E-state index contributed by atoms with van der Waals surface area (Å²) in [7, 11) is 0. The van der Waals surface area contributed by atoms with E-state index < -0.39 is 35.1 Å². The van der Waals surface area contributed by atoms with Gasteiger partial charge in [-0.05, 0) is 115 Å². The summed E-state index contributed by atoms with van der Waals surface area (Å²) >= 11 is 0. The fourth-order valence-corrected chi connectivity index (χ4v) is 12.2. The van der Waals surface area contributed by atoms with E-state index in [2.05, 4.69) is 48.5 Å². The molecule has 0 aromatic heterocycles. The highest BCUT2D eigenvalue weighted by Crippen LogP contribution is 2.75. The first-order valence-electron chi connectivity index (χ1n) is 18.1. The van der Waals surface area contributed by atoms with Gasteiger partial charge in [-0.3, -0.25) is 9.69 Å². The van der Waals surface area contributed by atoms with E-state index in [-0.39, 0.29) is 63.1 Å². The summed E-state index contributed by atoms with van der Waals surface area (Å²) < 4.78 is 15.0. The molecule has 1 heterocycles. The van der Waals surface area contributed by atoms with E-state index in [1.807, 2.05) is 26.8 Å². The van der Waals surface area contributed by atoms with Crippen molar-refractivity contribution >= 4 is 17.8 Å². The van der Waals surface area contributed by atoms with E-state index in [4.69, 9.17) is 4.74 Å². The monoisotopic (exact) mass is 626 g/mol. The molecule has 1 amide bonds. The number of nitrogens with zero attached hydrogens (tertiary/aromatic N) is 1. The van der Waals surface area contributed by atoms with Crippen molar-refractivity contribution in [3.8, 4) is 0 Å². The number of cyclic esters (lactones) is 1. The number of fused-ring (bicyclic) bond motifs is 7. The Morgan fingerprint density at radius 3 is 2.27 bits per heavy atom. The minimum Gasteiger partial charge on any atom is -0.465 e. The van der Waals surface area contributed by atoms with Crippen molar-refractivity contribution in [1.82, 2.24) is 4.90 Å². The number of hydrogen-bond donors (Lipinski definition) is 2. The van der Waals surface area contributed by atoms with Crippen molar-refractivity contribution < 1.29 is 30.7 Å². The van der Waals surface area contributed by atoms with Gasteiger partial charge in [-0.1, -0.05) is 74.8 Å². The van der Waals surface area contributed by atoms with Crippen LogP contribution in [0.4, 0.5) is 4.79 Å². The fourth-order valence-electron chi connectivity index (χ4n) is 12.2. The highest BCUT2D eigenvalue weighted by molar-refractivity contribution is 5.95. The Bertz CT molecular complexity index is 1390. The molecule has 0 aromatic rings. The van der Waals surface area contributed by atoms with Crippen LogP contribution in [-0.4, -0.2) is 51.3 Å². The van der Waals surface area contributed by atoms with Gasteiger partial charge in [-0.15, -0.1) is 0 Å². The van der Waals surface area contributed by atoms with Crippen molar-refractivity contribution in [3.63, 3.8) is 0 Å². The maximum absolute atomic E-state index is 14.6. The highest BCUT2D eigenvalue weighted by atomic mass is 16.6. The maximum Gasteiger partial charge on any atom is 0.410 e. The first kappa shape index (κ1) is 31.7. The van der Waals surface area contributed by atoms with Gasteiger partial charge in [0.25, 0.3) is 0 Å². The Morgan fingerprint density at radius 2 is 1.64 bits per heavy atom. The lowest BCUT2D eigenvalue weighted by Crippen LogP contribution is -2.66. The van der Waals surface area contributed by atoms with Crippen LogP contribution in [0.25, 0.3) is 0 Å². The largest absolute Gasteiger partial charge is 0.465 e. The van der Waals surface area contributed by atoms with Gasteiger partial charge in [-0.2, -0.15) is 0 Å². The average molecular weight is 627 g/mol. The number of rotatable bonds is 2. The number of hydrogen-bond acceptors (Lipinski definition) is 5. The fraction of sp³-hybridized carbons (Fsp3) is 0.868. The van der Waals surface area contributed by atoms with E-state index in [9.17, 15) is 26.0 Å². The van der Waals surface area contributed by atoms with Crippen LogP contribution in [-0.2, 0) is 14.3 Å². The molecule has 1 aliphatic heterocycles. The molecule has 5 fully saturated rings. The summed E-state index contributed by atoms with van der Waals surface area (Å²) in [6, 6.07) is -2.02. The topological polar surface area (TPSA) is 104 Å². The number of ketones is 1. The number of esters is 1. The van der Waals surface area contributed by atoms with Gasteiger partial charge in [0.05, 0.1) is 7.47 Å². The Morgan fingerprint density at radius 1 is 1.00 bits per heavy atom. The van der Waals surface area contributed by atoms with Gasteiger partial charge >= 0.3 is 12.1 Å². The number of aliphatic hydroxyl groups is 1. The van der Waals surface area contributed by atoms with E-state index in [0.717, 1.165) is 56.3 Å². The summed E-state index contributed by atoms with van der Waals surface area (Å²) in [6.07, 6.45) is 7.47. The molecule has 1 saturated heterocycles. The molecule has 6 aliphatic rings. The molecule has 6 rings (SSSR count). The number of carboxylic acid groups (broad SMARTS) is 1. The number of aliphatic hydroxyl groups excluding tert-OH is 1. The number of carbonyl (C=O) groups excluding carboxylic acids is 2. The molecule has 4 saturated carbocycles. The van der Waals surface area contributed by atoms with Crippen LogP contribution in [0.2, 0.25) is 0 Å². The third-order valence-corrected chi connectivity index (χ3v) is 15.2. The van der Waals surface area contributed by atoms with Crippen molar-refractivity contribution in [1.29, 1.82) is 0 Å². The third kappa shape index (κ3) is 4.47. The van der Waals surface area contributed by atoms with Gasteiger partial charge in [0, 0.05) is 11.3 Å². The second-order valence-corrected chi connectivity index (χ2v) is 19.3. The normalized spacial score (nSPS) is 51.2. The van der Waals surface area contributed by atoms with Gasteiger partial charge in [0.1, 0.15) is 6.02 Å². The Labute approximate surface area is 272 Å². The predicted octanol–water partition coefficient (Wildman–Crippen LogP) is 8.00.